The Morgan fingerprint density at radius 2 is 2.43 bits per heavy atom. The smallest absolute Gasteiger partial charge is 0.310 e. The lowest BCUT2D eigenvalue weighted by Crippen LogP contribution is -2.08. The molecule has 5 heteroatoms. The first-order valence-electron chi connectivity index (χ1n) is 4.09. The van der Waals surface area contributed by atoms with Crippen LogP contribution >= 0.6 is 27.5 Å². The molecule has 0 aliphatic carbocycles. The van der Waals surface area contributed by atoms with Gasteiger partial charge in [0.2, 0.25) is 0 Å². The minimum Gasteiger partial charge on any atom is -0.466 e. The molecule has 0 aromatic carbocycles. The number of carbonyl (C=O) groups is 1. The van der Waals surface area contributed by atoms with Crippen LogP contribution in [0.3, 0.4) is 0 Å². The molecule has 14 heavy (non-hydrogen) atoms. The van der Waals surface area contributed by atoms with Crippen LogP contribution in [0.15, 0.2) is 16.9 Å². The number of ether oxygens (including phenoxy) is 1. The Hall–Kier alpha value is -0.610. The van der Waals surface area contributed by atoms with Gasteiger partial charge in [0.25, 0.3) is 0 Å². The van der Waals surface area contributed by atoms with Gasteiger partial charge in [-0.05, 0) is 34.5 Å². The van der Waals surface area contributed by atoms with E-state index in [1.54, 1.807) is 13.0 Å². The molecule has 3 nitrogen and oxygen atoms in total. The second kappa shape index (κ2) is 5.32. The molecule has 0 saturated carbocycles. The largest absolute Gasteiger partial charge is 0.466 e. The number of pyridine rings is 1. The fourth-order valence-electron chi connectivity index (χ4n) is 0.954. The Labute approximate surface area is 95.6 Å². The maximum absolute atomic E-state index is 11.2. The molecule has 1 rings (SSSR count). The monoisotopic (exact) mass is 277 g/mol. The third-order valence-electron chi connectivity index (χ3n) is 1.54. The zero-order valence-corrected chi connectivity index (χ0v) is 9.93. The van der Waals surface area contributed by atoms with Crippen LogP contribution in [-0.4, -0.2) is 17.6 Å². The maximum Gasteiger partial charge on any atom is 0.310 e. The van der Waals surface area contributed by atoms with Crippen LogP contribution in [0.2, 0.25) is 5.02 Å². The van der Waals surface area contributed by atoms with E-state index < -0.39 is 0 Å². The summed E-state index contributed by atoms with van der Waals surface area (Å²) in [4.78, 5) is 15.1. The van der Waals surface area contributed by atoms with Crippen LogP contribution in [0.5, 0.6) is 0 Å². The second-order valence-electron chi connectivity index (χ2n) is 2.58. The fourth-order valence-corrected chi connectivity index (χ4v) is 1.50. The molecule has 0 aliphatic heterocycles. The van der Waals surface area contributed by atoms with Crippen molar-refractivity contribution in [2.45, 2.75) is 13.3 Å². The van der Waals surface area contributed by atoms with Crippen molar-refractivity contribution in [1.29, 1.82) is 0 Å². The predicted molar refractivity (Wildman–Crippen MR) is 57.3 cm³/mol. The maximum atomic E-state index is 11.2. The molecule has 0 fully saturated rings. The molecule has 1 heterocycles. The first-order chi connectivity index (χ1) is 6.63. The zero-order chi connectivity index (χ0) is 10.6. The summed E-state index contributed by atoms with van der Waals surface area (Å²) < 4.78 is 5.46. The lowest BCUT2D eigenvalue weighted by molar-refractivity contribution is -0.142. The van der Waals surface area contributed by atoms with Crippen molar-refractivity contribution in [1.82, 2.24) is 4.98 Å². The number of hydrogen-bond acceptors (Lipinski definition) is 3. The second-order valence-corrected chi connectivity index (χ2v) is 3.80. The molecule has 0 aliphatic rings. The fraction of sp³-hybridized carbons (Fsp3) is 0.333. The van der Waals surface area contributed by atoms with Gasteiger partial charge in [-0.1, -0.05) is 11.6 Å². The Morgan fingerprint density at radius 1 is 1.71 bits per heavy atom. The van der Waals surface area contributed by atoms with Gasteiger partial charge in [-0.15, -0.1) is 0 Å². The summed E-state index contributed by atoms with van der Waals surface area (Å²) in [7, 11) is 0. The Morgan fingerprint density at radius 3 is 3.07 bits per heavy atom. The topological polar surface area (TPSA) is 39.2 Å². The number of hydrogen-bond donors (Lipinski definition) is 0. The molecule has 76 valence electrons. The van der Waals surface area contributed by atoms with Crippen molar-refractivity contribution in [2.24, 2.45) is 0 Å². The number of nitrogens with zero attached hydrogens (tertiary/aromatic N) is 1. The van der Waals surface area contributed by atoms with E-state index in [0.717, 1.165) is 0 Å². The number of aromatic nitrogens is 1. The number of halogens is 2. The molecule has 0 bridgehead atoms. The average Bonchev–Trinajstić information content (AvgIpc) is 2.12. The van der Waals surface area contributed by atoms with E-state index in [-0.39, 0.29) is 12.4 Å². The summed E-state index contributed by atoms with van der Waals surface area (Å²) in [6.07, 6.45) is 1.67. The minimum atomic E-state index is -0.285. The van der Waals surface area contributed by atoms with Crippen molar-refractivity contribution in [2.75, 3.05) is 6.61 Å². The van der Waals surface area contributed by atoms with Gasteiger partial charge in [0.1, 0.15) is 4.60 Å². The third-order valence-corrected chi connectivity index (χ3v) is 2.32. The molecule has 0 saturated heterocycles. The van der Waals surface area contributed by atoms with Gasteiger partial charge in [0, 0.05) is 6.20 Å². The lowest BCUT2D eigenvalue weighted by atomic mass is 10.2. The normalized spacial score (nSPS) is 9.93. The number of rotatable bonds is 3. The Kier molecular flexibility index (Phi) is 4.35. The Bertz CT molecular complexity index is 344. The van der Waals surface area contributed by atoms with E-state index in [1.807, 2.05) is 0 Å². The number of carbonyl (C=O) groups excluding carboxylic acids is 1. The van der Waals surface area contributed by atoms with Crippen LogP contribution in [0.4, 0.5) is 0 Å². The van der Waals surface area contributed by atoms with E-state index in [4.69, 9.17) is 16.3 Å². The van der Waals surface area contributed by atoms with Gasteiger partial charge in [0.15, 0.2) is 0 Å². The molecule has 1 aromatic rings. The molecule has 0 amide bonds. The van der Waals surface area contributed by atoms with Crippen LogP contribution in [0, 0.1) is 0 Å². The summed E-state index contributed by atoms with van der Waals surface area (Å²) in [5, 5.41) is 0.473. The van der Waals surface area contributed by atoms with Crippen LogP contribution in [0.25, 0.3) is 0 Å². The highest BCUT2D eigenvalue weighted by atomic mass is 79.9. The molecular formula is C9H9BrClNO2. The predicted octanol–water partition coefficient (Wildman–Crippen LogP) is 2.60. The third kappa shape index (κ3) is 3.27. The average molecular weight is 279 g/mol. The zero-order valence-electron chi connectivity index (χ0n) is 7.59. The van der Waals surface area contributed by atoms with Crippen LogP contribution < -0.4 is 0 Å². The highest BCUT2D eigenvalue weighted by Crippen LogP contribution is 2.19. The van der Waals surface area contributed by atoms with Gasteiger partial charge in [-0.3, -0.25) is 4.79 Å². The number of esters is 1. The molecule has 0 N–H and O–H groups in total. The van der Waals surface area contributed by atoms with Crippen molar-refractivity contribution >= 4 is 33.5 Å². The highest BCUT2D eigenvalue weighted by molar-refractivity contribution is 9.10. The van der Waals surface area contributed by atoms with Crippen LogP contribution in [0.1, 0.15) is 12.5 Å². The van der Waals surface area contributed by atoms with E-state index in [2.05, 4.69) is 20.9 Å². The minimum absolute atomic E-state index is 0.174. The quantitative estimate of drug-likeness (QED) is 0.630. The molecule has 0 atom stereocenters. The van der Waals surface area contributed by atoms with Crippen LogP contribution in [-0.2, 0) is 16.0 Å². The van der Waals surface area contributed by atoms with Gasteiger partial charge in [0.05, 0.1) is 18.1 Å². The van der Waals surface area contributed by atoms with Crippen molar-refractivity contribution in [3.05, 3.63) is 27.5 Å². The van der Waals surface area contributed by atoms with E-state index in [1.165, 1.54) is 6.20 Å². The SMILES string of the molecule is CCOC(=O)Cc1cc(Br)ncc1Cl. The molecular weight excluding hydrogens is 269 g/mol. The highest BCUT2D eigenvalue weighted by Gasteiger charge is 2.08. The van der Waals surface area contributed by atoms with Gasteiger partial charge >= 0.3 is 5.97 Å². The first kappa shape index (κ1) is 11.5. The van der Waals surface area contributed by atoms with E-state index in [9.17, 15) is 4.79 Å². The van der Waals surface area contributed by atoms with E-state index >= 15 is 0 Å². The Balaban J connectivity index is 2.75. The summed E-state index contributed by atoms with van der Waals surface area (Å²) >= 11 is 9.05. The molecule has 0 unspecified atom stereocenters. The molecule has 0 spiro atoms. The van der Waals surface area contributed by atoms with Gasteiger partial charge in [-0.25, -0.2) is 4.98 Å². The molecule has 0 radical (unpaired) electrons. The standard InChI is InChI=1S/C9H9BrClNO2/c1-2-14-9(13)4-6-3-8(10)12-5-7(6)11/h3,5H,2,4H2,1H3. The van der Waals surface area contributed by atoms with Gasteiger partial charge < -0.3 is 4.74 Å². The lowest BCUT2D eigenvalue weighted by Gasteiger charge is -2.03. The summed E-state index contributed by atoms with van der Waals surface area (Å²) in [6.45, 7) is 2.14. The van der Waals surface area contributed by atoms with E-state index in [0.29, 0.717) is 21.8 Å². The van der Waals surface area contributed by atoms with Crippen molar-refractivity contribution in [3.8, 4) is 0 Å². The summed E-state index contributed by atoms with van der Waals surface area (Å²) in [5.41, 5.74) is 0.715. The van der Waals surface area contributed by atoms with Crippen molar-refractivity contribution < 1.29 is 9.53 Å². The van der Waals surface area contributed by atoms with Gasteiger partial charge in [-0.2, -0.15) is 0 Å². The first-order valence-corrected chi connectivity index (χ1v) is 5.26. The van der Waals surface area contributed by atoms with Crippen molar-refractivity contribution in [3.63, 3.8) is 0 Å². The summed E-state index contributed by atoms with van der Waals surface area (Å²) in [6, 6.07) is 1.71. The summed E-state index contributed by atoms with van der Waals surface area (Å²) in [5.74, 6) is -0.285. The molecule has 1 aromatic heterocycles.